The second kappa shape index (κ2) is 13.8. The first-order chi connectivity index (χ1) is 19.6. The Bertz CT molecular complexity index is 1150. The predicted molar refractivity (Wildman–Crippen MR) is 152 cm³/mol. The van der Waals surface area contributed by atoms with Crippen LogP contribution in [0.5, 0.6) is 0 Å². The maximum atomic E-state index is 12.7. The van der Waals surface area contributed by atoms with Crippen molar-refractivity contribution in [1.82, 2.24) is 10.3 Å². The third-order valence-electron chi connectivity index (χ3n) is 8.58. The van der Waals surface area contributed by atoms with Crippen LogP contribution in [0.1, 0.15) is 80.5 Å². The van der Waals surface area contributed by atoms with Crippen molar-refractivity contribution >= 4 is 17.8 Å². The van der Waals surface area contributed by atoms with Crippen LogP contribution in [-0.2, 0) is 27.1 Å². The van der Waals surface area contributed by atoms with Crippen LogP contribution in [0.2, 0.25) is 0 Å². The SMILES string of the molecule is O=NC(=O)[C@H](CCO[C@H]1C[C@H](CCc2ccc3c(n2)NCCC3)C1)NC(=O)O[C@H]1CCCCC1c1ccccc1. The van der Waals surface area contributed by atoms with Gasteiger partial charge in [0, 0.05) is 36.4 Å². The third-order valence-corrected chi connectivity index (χ3v) is 8.58. The number of carbonyl (C=O) groups is 2. The average Bonchev–Trinajstić information content (AvgIpc) is 2.97. The molecule has 1 aliphatic heterocycles. The molecule has 3 aliphatic rings. The largest absolute Gasteiger partial charge is 0.446 e. The van der Waals surface area contributed by atoms with E-state index in [1.54, 1.807) is 0 Å². The molecular weight excluding hydrogens is 508 g/mol. The monoisotopic (exact) mass is 548 g/mol. The van der Waals surface area contributed by atoms with Crippen LogP contribution >= 0.6 is 0 Å². The van der Waals surface area contributed by atoms with E-state index in [1.807, 2.05) is 18.2 Å². The number of benzene rings is 1. The standard InChI is InChI=1S/C31H40N4O5/c36-30(35-38)27(34-31(37)40-28-11-5-4-10-26(28)22-7-2-1-3-8-22)16-18-39-25-19-21(20-25)12-14-24-15-13-23-9-6-17-32-29(23)33-24/h1-3,7-8,13,15,21,25-28H,4-6,9-12,14,16-20H2,(H,32,33)(H,34,37)/t21-,25-,26?,27-,28-/m0/s1. The Kier molecular flexibility index (Phi) is 9.76. The maximum absolute atomic E-state index is 12.7. The van der Waals surface area contributed by atoms with E-state index in [4.69, 9.17) is 14.5 Å². The number of nitrogens with one attached hydrogen (secondary N) is 2. The molecule has 2 aliphatic carbocycles. The van der Waals surface area contributed by atoms with Gasteiger partial charge >= 0.3 is 12.0 Å². The predicted octanol–water partition coefficient (Wildman–Crippen LogP) is 5.67. The molecule has 1 aromatic carbocycles. The highest BCUT2D eigenvalue weighted by Gasteiger charge is 2.32. The van der Waals surface area contributed by atoms with Crippen molar-refractivity contribution in [2.45, 2.75) is 94.8 Å². The van der Waals surface area contributed by atoms with Gasteiger partial charge in [0.1, 0.15) is 18.0 Å². The van der Waals surface area contributed by atoms with E-state index in [0.717, 1.165) is 87.8 Å². The number of hydrogen-bond acceptors (Lipinski definition) is 7. The Labute approximate surface area is 235 Å². The molecule has 2 fully saturated rings. The minimum absolute atomic E-state index is 0.119. The number of alkyl carbamates (subject to hydrolysis) is 1. The first-order valence-electron chi connectivity index (χ1n) is 14.8. The summed E-state index contributed by atoms with van der Waals surface area (Å²) >= 11 is 0. The Morgan fingerprint density at radius 2 is 1.90 bits per heavy atom. The normalized spacial score (nSPS) is 24.5. The van der Waals surface area contributed by atoms with Gasteiger partial charge in [-0.1, -0.05) is 42.8 Å². The van der Waals surface area contributed by atoms with Crippen LogP contribution in [0.3, 0.4) is 0 Å². The lowest BCUT2D eigenvalue weighted by molar-refractivity contribution is -0.120. The van der Waals surface area contributed by atoms with Gasteiger partial charge in [-0.05, 0) is 80.9 Å². The number of nitroso groups, excluding NO2 is 1. The van der Waals surface area contributed by atoms with E-state index in [1.165, 1.54) is 5.56 Å². The van der Waals surface area contributed by atoms with Crippen molar-refractivity contribution in [3.8, 4) is 0 Å². The van der Waals surface area contributed by atoms with E-state index in [2.05, 4.69) is 40.1 Å². The molecular formula is C31H40N4O5. The van der Waals surface area contributed by atoms with Crippen LogP contribution < -0.4 is 10.6 Å². The van der Waals surface area contributed by atoms with Crippen LogP contribution in [-0.4, -0.2) is 48.4 Å². The molecule has 1 aromatic heterocycles. The van der Waals surface area contributed by atoms with Crippen LogP contribution in [0.25, 0.3) is 0 Å². The molecule has 3 atom stereocenters. The van der Waals surface area contributed by atoms with Crippen molar-refractivity contribution in [3.05, 3.63) is 64.2 Å². The summed E-state index contributed by atoms with van der Waals surface area (Å²) in [5.41, 5.74) is 3.58. The van der Waals surface area contributed by atoms with Crippen molar-refractivity contribution in [2.75, 3.05) is 18.5 Å². The number of nitrogens with zero attached hydrogens (tertiary/aromatic N) is 2. The van der Waals surface area contributed by atoms with Gasteiger partial charge in [-0.15, -0.1) is 4.91 Å². The van der Waals surface area contributed by atoms with Crippen LogP contribution in [0.15, 0.2) is 47.6 Å². The molecule has 5 rings (SSSR count). The highest BCUT2D eigenvalue weighted by molar-refractivity contribution is 5.86. The maximum Gasteiger partial charge on any atom is 0.408 e. The summed E-state index contributed by atoms with van der Waals surface area (Å²) in [6, 6.07) is 13.3. The Morgan fingerprint density at radius 3 is 2.73 bits per heavy atom. The number of amides is 2. The first-order valence-corrected chi connectivity index (χ1v) is 14.8. The zero-order valence-electron chi connectivity index (χ0n) is 23.1. The highest BCUT2D eigenvalue weighted by atomic mass is 16.6. The number of aryl methyl sites for hydroxylation is 2. The van der Waals surface area contributed by atoms with E-state index in [-0.39, 0.29) is 31.2 Å². The lowest BCUT2D eigenvalue weighted by atomic mass is 9.79. The van der Waals surface area contributed by atoms with Crippen LogP contribution in [0, 0.1) is 10.8 Å². The second-order valence-corrected chi connectivity index (χ2v) is 11.4. The average molecular weight is 549 g/mol. The Hall–Kier alpha value is -3.33. The smallest absolute Gasteiger partial charge is 0.408 e. The number of aromatic nitrogens is 1. The van der Waals surface area contributed by atoms with Crippen molar-refractivity contribution in [1.29, 1.82) is 0 Å². The summed E-state index contributed by atoms with van der Waals surface area (Å²) in [6.45, 7) is 1.25. The Morgan fingerprint density at radius 1 is 1.07 bits per heavy atom. The van der Waals surface area contributed by atoms with Crippen molar-refractivity contribution < 1.29 is 19.1 Å². The number of rotatable bonds is 11. The number of hydrogen-bond donors (Lipinski definition) is 2. The quantitative estimate of drug-likeness (QED) is 0.347. The number of fused-ring (bicyclic) bond motifs is 1. The summed E-state index contributed by atoms with van der Waals surface area (Å²) in [5, 5.41) is 8.51. The van der Waals surface area contributed by atoms with Crippen molar-refractivity contribution in [2.24, 2.45) is 11.1 Å². The fourth-order valence-electron chi connectivity index (χ4n) is 6.21. The number of carbonyl (C=O) groups excluding carboxylic acids is 2. The van der Waals surface area contributed by atoms with Gasteiger partial charge in [0.25, 0.3) is 0 Å². The Balaban J connectivity index is 1.02. The molecule has 1 unspecified atom stereocenters. The topological polar surface area (TPSA) is 119 Å². The summed E-state index contributed by atoms with van der Waals surface area (Å²) < 4.78 is 11.7. The van der Waals surface area contributed by atoms with E-state index < -0.39 is 18.0 Å². The summed E-state index contributed by atoms with van der Waals surface area (Å²) in [6.07, 6.45) is 9.33. The molecule has 214 valence electrons. The lowest BCUT2D eigenvalue weighted by Gasteiger charge is -2.35. The van der Waals surface area contributed by atoms with Crippen molar-refractivity contribution in [3.63, 3.8) is 0 Å². The highest BCUT2D eigenvalue weighted by Crippen LogP contribution is 2.35. The van der Waals surface area contributed by atoms with Gasteiger partial charge in [0.15, 0.2) is 0 Å². The van der Waals surface area contributed by atoms with E-state index in [9.17, 15) is 14.5 Å². The van der Waals surface area contributed by atoms with Gasteiger partial charge < -0.3 is 20.1 Å². The van der Waals surface area contributed by atoms with Gasteiger partial charge in [0.2, 0.25) is 0 Å². The van der Waals surface area contributed by atoms with Gasteiger partial charge in [-0.2, -0.15) is 0 Å². The molecule has 40 heavy (non-hydrogen) atoms. The fourth-order valence-corrected chi connectivity index (χ4v) is 6.21. The third kappa shape index (κ3) is 7.44. The van der Waals surface area contributed by atoms with Gasteiger partial charge in [0.05, 0.1) is 6.10 Å². The molecule has 0 saturated heterocycles. The van der Waals surface area contributed by atoms with Crippen LogP contribution in [0.4, 0.5) is 10.6 Å². The molecule has 0 spiro atoms. The molecule has 2 N–H and O–H groups in total. The van der Waals surface area contributed by atoms with Gasteiger partial charge in [-0.3, -0.25) is 4.79 Å². The lowest BCUT2D eigenvalue weighted by Crippen LogP contribution is -2.44. The van der Waals surface area contributed by atoms with E-state index in [0.29, 0.717) is 5.92 Å². The van der Waals surface area contributed by atoms with Gasteiger partial charge in [-0.25, -0.2) is 9.78 Å². The summed E-state index contributed by atoms with van der Waals surface area (Å²) in [5.74, 6) is 0.835. The zero-order chi connectivity index (χ0) is 27.7. The van der Waals surface area contributed by atoms with E-state index >= 15 is 0 Å². The summed E-state index contributed by atoms with van der Waals surface area (Å²) in [7, 11) is 0. The second-order valence-electron chi connectivity index (χ2n) is 11.4. The minimum atomic E-state index is -1.05. The molecule has 9 nitrogen and oxygen atoms in total. The minimum Gasteiger partial charge on any atom is -0.446 e. The molecule has 9 heteroatoms. The molecule has 2 heterocycles. The molecule has 0 radical (unpaired) electrons. The molecule has 2 saturated carbocycles. The molecule has 2 amide bonds. The number of pyridine rings is 1. The fraction of sp³-hybridized carbons (Fsp3) is 0.581. The first kappa shape index (κ1) is 28.2. The number of anilines is 1. The summed E-state index contributed by atoms with van der Waals surface area (Å²) in [4.78, 5) is 40.6. The molecule has 0 bridgehead atoms. The number of ether oxygens (including phenoxy) is 2. The molecule has 2 aromatic rings. The zero-order valence-corrected chi connectivity index (χ0v) is 23.1.